The molecule has 1 spiro atoms. The number of ether oxygens (including phenoxy) is 1. The molecule has 3 aliphatic heterocycles. The molecule has 0 fully saturated rings. The molecular weight excluding hydrogens is 803 g/mol. The Labute approximate surface area is 395 Å². The van der Waals surface area contributed by atoms with Gasteiger partial charge in [0.05, 0.1) is 11.0 Å². The maximum Gasteiger partial charge on any atom is 0.499 e. The third-order valence-electron chi connectivity index (χ3n) is 14.2. The van der Waals surface area contributed by atoms with Gasteiger partial charge in [-0.25, -0.2) is 0 Å². The first kappa shape index (κ1) is 36.2. The molecule has 12 rings (SSSR count). The van der Waals surface area contributed by atoms with Crippen molar-refractivity contribution >= 4 is 11.0 Å². The Kier molecular flexibility index (Phi) is 7.54. The lowest BCUT2D eigenvalue weighted by molar-refractivity contribution is -0.997. The molecule has 1 atom stereocenters. The minimum atomic E-state index is -1.22. The number of hydrogen-bond acceptors (Lipinski definition) is 1. The van der Waals surface area contributed by atoms with Gasteiger partial charge in [-0.1, -0.05) is 159 Å². The van der Waals surface area contributed by atoms with Crippen molar-refractivity contribution in [2.24, 2.45) is 0 Å². The molecule has 0 aliphatic carbocycles. The second-order valence-electron chi connectivity index (χ2n) is 21.6. The predicted octanol–water partition coefficient (Wildman–Crippen LogP) is 14.6. The summed E-state index contributed by atoms with van der Waals surface area (Å²) in [5.74, 6) is 0.515. The molecule has 0 saturated heterocycles. The number of para-hydroxylation sites is 2. The van der Waals surface area contributed by atoms with Gasteiger partial charge in [0.1, 0.15) is 22.6 Å². The lowest BCUT2D eigenvalue weighted by Gasteiger charge is -2.33. The van der Waals surface area contributed by atoms with E-state index in [4.69, 9.17) is 7.48 Å². The van der Waals surface area contributed by atoms with Gasteiger partial charge in [-0.2, -0.15) is 4.57 Å². The molecule has 0 amide bonds. The maximum atomic E-state index is 9.37. The van der Waals surface area contributed by atoms with Crippen molar-refractivity contribution in [3.63, 3.8) is 0 Å². The number of rotatable bonds is 4. The standard InChI is InChI=1S/C62H57N3O/c1-38-33-54(49(40-17-12-11-13-18-40)37-48(38)41-25-29-44(30-26-41)60(5,6)7)64-52-21-16-20-46-50-35-45(61(8,9)10)36-51-53-34-42(39-23-27-43(28-24-39)59(2,3)4)31-32-63(53)62(56(50)51)65(57(46)52)58(64)47-19-14-15-22-55(47)66-62/h11-37H,1-10H3/q+2/i23D,24D,27D,28D. The first-order valence-corrected chi connectivity index (χ1v) is 23.3. The zero-order chi connectivity index (χ0) is 49.1. The Bertz CT molecular complexity index is 3710. The minimum Gasteiger partial charge on any atom is -0.392 e. The van der Waals surface area contributed by atoms with Crippen LogP contribution in [0.4, 0.5) is 0 Å². The SMILES string of the molecule is [2H]c1c([2H])c(C(C)(C)C)c([2H])c([2H])c1-c1cc[n+]2c(c1)-c1cc(C(C)(C)C)cc3c1C21Oc2ccccc2-c2n(-c4cc(C)c(-c5ccc(C(C)(C)C)cc5)cc4-c4ccccc4)c4cccc-3c4[n+]21. The first-order valence-electron chi connectivity index (χ1n) is 25.3. The zero-order valence-corrected chi connectivity index (χ0v) is 39.5. The molecule has 0 N–H and O–H groups in total. The van der Waals surface area contributed by atoms with Crippen molar-refractivity contribution in [2.45, 2.75) is 91.3 Å². The average Bonchev–Trinajstić information content (AvgIpc) is 3.81. The number of benzene rings is 7. The number of fused-ring (bicyclic) bond motifs is 5. The van der Waals surface area contributed by atoms with E-state index in [0.717, 1.165) is 78.5 Å². The predicted molar refractivity (Wildman–Crippen MR) is 270 cm³/mol. The number of imidazole rings is 1. The first-order chi connectivity index (χ1) is 33.2. The molecule has 4 heteroatoms. The monoisotopic (exact) mass is 863 g/mol. The maximum absolute atomic E-state index is 9.37. The van der Waals surface area contributed by atoms with E-state index in [9.17, 15) is 2.74 Å². The Morgan fingerprint density at radius 1 is 0.515 bits per heavy atom. The molecule has 0 radical (unpaired) electrons. The van der Waals surface area contributed by atoms with Crippen molar-refractivity contribution in [2.75, 3.05) is 0 Å². The summed E-state index contributed by atoms with van der Waals surface area (Å²) in [6.45, 7) is 21.6. The van der Waals surface area contributed by atoms with Crippen LogP contribution < -0.4 is 13.9 Å². The van der Waals surface area contributed by atoms with Gasteiger partial charge in [0.25, 0.3) is 0 Å². The molecule has 9 aromatic rings. The van der Waals surface area contributed by atoms with E-state index >= 15 is 0 Å². The van der Waals surface area contributed by atoms with Gasteiger partial charge < -0.3 is 4.74 Å². The summed E-state index contributed by atoms with van der Waals surface area (Å²) in [5, 5.41) is 0. The van der Waals surface area contributed by atoms with E-state index in [2.05, 4.69) is 183 Å². The highest BCUT2D eigenvalue weighted by Crippen LogP contribution is 2.54. The third kappa shape index (κ3) is 5.76. The van der Waals surface area contributed by atoms with E-state index in [0.29, 0.717) is 11.1 Å². The molecule has 3 aliphatic rings. The number of aryl methyl sites for hydroxylation is 1. The zero-order valence-electron chi connectivity index (χ0n) is 43.5. The van der Waals surface area contributed by atoms with Crippen molar-refractivity contribution in [3.8, 4) is 78.6 Å². The van der Waals surface area contributed by atoms with Crippen LogP contribution in [0.2, 0.25) is 0 Å². The van der Waals surface area contributed by atoms with E-state index in [1.54, 1.807) is 0 Å². The van der Waals surface area contributed by atoms with Crippen LogP contribution >= 0.6 is 0 Å². The molecule has 1 unspecified atom stereocenters. The van der Waals surface area contributed by atoms with Gasteiger partial charge in [-0.05, 0) is 122 Å². The van der Waals surface area contributed by atoms with Crippen LogP contribution in [0.3, 0.4) is 0 Å². The molecule has 2 aromatic heterocycles. The summed E-state index contributed by atoms with van der Waals surface area (Å²) < 4.78 is 51.9. The van der Waals surface area contributed by atoms with Crippen molar-refractivity contribution in [3.05, 3.63) is 192 Å². The Hall–Kier alpha value is -7.04. The van der Waals surface area contributed by atoms with Crippen molar-refractivity contribution in [1.82, 2.24) is 4.57 Å². The fourth-order valence-electron chi connectivity index (χ4n) is 10.6. The lowest BCUT2D eigenvalue weighted by Crippen LogP contribution is -2.78. The molecular formula is C62H57N3O+2. The van der Waals surface area contributed by atoms with E-state index in [-0.39, 0.29) is 40.6 Å². The topological polar surface area (TPSA) is 21.9 Å². The molecule has 5 heterocycles. The van der Waals surface area contributed by atoms with Crippen LogP contribution in [-0.4, -0.2) is 4.57 Å². The van der Waals surface area contributed by atoms with Crippen LogP contribution in [0.1, 0.15) is 95.6 Å². The van der Waals surface area contributed by atoms with Crippen LogP contribution in [0, 0.1) is 6.92 Å². The van der Waals surface area contributed by atoms with Crippen molar-refractivity contribution < 1.29 is 19.4 Å². The molecule has 324 valence electrons. The summed E-state index contributed by atoms with van der Waals surface area (Å²) in [6, 6.07) is 48.2. The molecule has 66 heavy (non-hydrogen) atoms. The van der Waals surface area contributed by atoms with Gasteiger partial charge in [-0.15, -0.1) is 9.13 Å². The van der Waals surface area contributed by atoms with Gasteiger partial charge in [0, 0.05) is 28.8 Å². The van der Waals surface area contributed by atoms with E-state index in [1.165, 1.54) is 22.3 Å². The largest absolute Gasteiger partial charge is 0.499 e. The fraction of sp³-hybridized carbons (Fsp3) is 0.226. The number of aromatic nitrogens is 3. The fourth-order valence-corrected chi connectivity index (χ4v) is 10.6. The van der Waals surface area contributed by atoms with E-state index in [1.807, 2.05) is 39.1 Å². The second kappa shape index (κ2) is 13.7. The highest BCUT2D eigenvalue weighted by atomic mass is 16.5. The van der Waals surface area contributed by atoms with Crippen molar-refractivity contribution in [1.29, 1.82) is 0 Å². The highest BCUT2D eigenvalue weighted by molar-refractivity contribution is 5.99. The number of pyridine rings is 1. The summed E-state index contributed by atoms with van der Waals surface area (Å²) in [6.07, 6.45) is 2.04. The van der Waals surface area contributed by atoms with Gasteiger partial charge in [0.15, 0.2) is 17.2 Å². The normalized spacial score (nSPS) is 16.5. The minimum absolute atomic E-state index is 0.00748. The Balaban J connectivity index is 1.19. The Morgan fingerprint density at radius 2 is 1.17 bits per heavy atom. The van der Waals surface area contributed by atoms with Crippen LogP contribution in [0.5, 0.6) is 5.75 Å². The number of nitrogens with zero attached hydrogens (tertiary/aromatic N) is 3. The third-order valence-corrected chi connectivity index (χ3v) is 14.2. The second-order valence-corrected chi connectivity index (χ2v) is 21.6. The van der Waals surface area contributed by atoms with Gasteiger partial charge in [0.2, 0.25) is 5.69 Å². The van der Waals surface area contributed by atoms with Gasteiger partial charge in [-0.3, -0.25) is 0 Å². The van der Waals surface area contributed by atoms with Gasteiger partial charge >= 0.3 is 11.7 Å². The summed E-state index contributed by atoms with van der Waals surface area (Å²) >= 11 is 0. The van der Waals surface area contributed by atoms with E-state index < -0.39 is 11.3 Å². The van der Waals surface area contributed by atoms with Crippen LogP contribution in [0.25, 0.3) is 83.9 Å². The summed E-state index contributed by atoms with van der Waals surface area (Å²) in [4.78, 5) is 0. The molecule has 0 saturated carbocycles. The number of hydrogen-bond donors (Lipinski definition) is 0. The molecule has 4 nitrogen and oxygen atoms in total. The Morgan fingerprint density at radius 3 is 1.88 bits per heavy atom. The van der Waals surface area contributed by atoms with Crippen LogP contribution in [-0.2, 0) is 22.1 Å². The molecule has 0 bridgehead atoms. The smallest absolute Gasteiger partial charge is 0.392 e. The quantitative estimate of drug-likeness (QED) is 0.162. The van der Waals surface area contributed by atoms with Crippen LogP contribution in [0.15, 0.2) is 164 Å². The summed E-state index contributed by atoms with van der Waals surface area (Å²) in [5.41, 5.74) is 18.0. The molecule has 7 aromatic carbocycles. The summed E-state index contributed by atoms with van der Waals surface area (Å²) in [7, 11) is 0. The lowest BCUT2D eigenvalue weighted by atomic mass is 9.80. The highest BCUT2D eigenvalue weighted by Gasteiger charge is 2.68. The average molecular weight is 864 g/mol.